The SMILES string of the molecule is COc1cc(-c2ccccc2)c(Oc2cc(C#N)c(C#N)cc2Oc2c(-c3ccccc3)cc(OC)c(-c3ccccc3)c2-c2ccccc2)c(-c2ccccc2)c1. The maximum atomic E-state index is 10.4. The summed E-state index contributed by atoms with van der Waals surface area (Å²) in [5.41, 5.74) is 8.66. The van der Waals surface area contributed by atoms with E-state index in [-0.39, 0.29) is 22.6 Å². The summed E-state index contributed by atoms with van der Waals surface area (Å²) in [5.74, 6) is 2.81. The molecule has 0 aliphatic heterocycles. The fraction of sp³-hybridized carbons (Fsp3) is 0.0385. The number of rotatable bonds is 11. The third-order valence-electron chi connectivity index (χ3n) is 9.89. The first kappa shape index (κ1) is 36.9. The quantitative estimate of drug-likeness (QED) is 0.131. The molecule has 8 rings (SSSR count). The largest absolute Gasteiger partial charge is 0.497 e. The van der Waals surface area contributed by atoms with Crippen molar-refractivity contribution >= 4 is 0 Å². The highest BCUT2D eigenvalue weighted by Crippen LogP contribution is 2.53. The highest BCUT2D eigenvalue weighted by molar-refractivity contribution is 5.97. The fourth-order valence-corrected chi connectivity index (χ4v) is 7.13. The summed E-state index contributed by atoms with van der Waals surface area (Å²) in [6.45, 7) is 0. The molecule has 0 spiro atoms. The van der Waals surface area contributed by atoms with Gasteiger partial charge in [0.15, 0.2) is 11.5 Å². The van der Waals surface area contributed by atoms with Gasteiger partial charge in [0.1, 0.15) is 35.1 Å². The van der Waals surface area contributed by atoms with E-state index in [1.54, 1.807) is 26.4 Å². The van der Waals surface area contributed by atoms with Crippen molar-refractivity contribution in [2.45, 2.75) is 0 Å². The summed E-state index contributed by atoms with van der Waals surface area (Å²) in [4.78, 5) is 0. The van der Waals surface area contributed by atoms with E-state index in [1.807, 2.05) is 170 Å². The number of nitriles is 2. The second-order valence-electron chi connectivity index (χ2n) is 13.4. The second kappa shape index (κ2) is 16.8. The second-order valence-corrected chi connectivity index (χ2v) is 13.4. The van der Waals surface area contributed by atoms with E-state index in [9.17, 15) is 10.5 Å². The van der Waals surface area contributed by atoms with Crippen molar-refractivity contribution in [3.63, 3.8) is 0 Å². The molecule has 0 saturated carbocycles. The van der Waals surface area contributed by atoms with E-state index >= 15 is 0 Å². The van der Waals surface area contributed by atoms with Crippen LogP contribution in [0.25, 0.3) is 55.6 Å². The van der Waals surface area contributed by atoms with Gasteiger partial charge in [0.05, 0.1) is 25.3 Å². The predicted octanol–water partition coefficient (Wildman–Crippen LogP) is 13.4. The van der Waals surface area contributed by atoms with E-state index in [4.69, 9.17) is 18.9 Å². The number of ether oxygens (including phenoxy) is 4. The topological polar surface area (TPSA) is 84.5 Å². The van der Waals surface area contributed by atoms with Gasteiger partial charge in [0.2, 0.25) is 0 Å². The van der Waals surface area contributed by atoms with Crippen LogP contribution in [0.3, 0.4) is 0 Å². The molecule has 8 aromatic rings. The molecular formula is C52H36N2O4. The van der Waals surface area contributed by atoms with E-state index in [2.05, 4.69) is 12.1 Å². The predicted molar refractivity (Wildman–Crippen MR) is 229 cm³/mol. The van der Waals surface area contributed by atoms with Crippen molar-refractivity contribution in [3.05, 3.63) is 193 Å². The lowest BCUT2D eigenvalue weighted by Gasteiger charge is -2.24. The van der Waals surface area contributed by atoms with Crippen LogP contribution in [0.15, 0.2) is 182 Å². The molecule has 0 heterocycles. The number of nitrogens with zero attached hydrogens (tertiary/aromatic N) is 2. The van der Waals surface area contributed by atoms with Crippen LogP contribution in [-0.4, -0.2) is 14.2 Å². The molecular weight excluding hydrogens is 717 g/mol. The Balaban J connectivity index is 1.43. The zero-order valence-corrected chi connectivity index (χ0v) is 31.8. The van der Waals surface area contributed by atoms with Crippen LogP contribution in [-0.2, 0) is 0 Å². The molecule has 278 valence electrons. The summed E-state index contributed by atoms with van der Waals surface area (Å²) in [5, 5.41) is 20.7. The minimum atomic E-state index is 0.144. The molecule has 0 N–H and O–H groups in total. The van der Waals surface area contributed by atoms with Gasteiger partial charge in [-0.25, -0.2) is 0 Å². The van der Waals surface area contributed by atoms with E-state index in [0.29, 0.717) is 23.0 Å². The van der Waals surface area contributed by atoms with Gasteiger partial charge in [0.25, 0.3) is 0 Å². The van der Waals surface area contributed by atoms with Crippen LogP contribution in [0, 0.1) is 22.7 Å². The molecule has 0 atom stereocenters. The van der Waals surface area contributed by atoms with Crippen LogP contribution in [0.4, 0.5) is 0 Å². The van der Waals surface area contributed by atoms with Crippen molar-refractivity contribution in [3.8, 4) is 102 Å². The van der Waals surface area contributed by atoms with Gasteiger partial charge in [-0.05, 0) is 46.0 Å². The van der Waals surface area contributed by atoms with Crippen LogP contribution in [0.5, 0.6) is 34.5 Å². The molecule has 58 heavy (non-hydrogen) atoms. The van der Waals surface area contributed by atoms with Crippen LogP contribution < -0.4 is 18.9 Å². The molecule has 6 nitrogen and oxygen atoms in total. The Labute approximate surface area is 338 Å². The number of benzene rings is 8. The van der Waals surface area contributed by atoms with Crippen LogP contribution in [0.2, 0.25) is 0 Å². The smallest absolute Gasteiger partial charge is 0.171 e. The minimum Gasteiger partial charge on any atom is -0.497 e. The first-order valence-electron chi connectivity index (χ1n) is 18.7. The van der Waals surface area contributed by atoms with Gasteiger partial charge >= 0.3 is 0 Å². The lowest BCUT2D eigenvalue weighted by Crippen LogP contribution is -2.01. The highest BCUT2D eigenvalue weighted by atomic mass is 16.5. The number of hydrogen-bond acceptors (Lipinski definition) is 6. The molecule has 0 radical (unpaired) electrons. The molecule has 0 aliphatic carbocycles. The summed E-state index contributed by atoms with van der Waals surface area (Å²) in [7, 11) is 3.31. The normalized spacial score (nSPS) is 10.6. The number of methoxy groups -OCH3 is 2. The first-order valence-corrected chi connectivity index (χ1v) is 18.7. The molecule has 0 fully saturated rings. The zero-order valence-electron chi connectivity index (χ0n) is 31.8. The standard InChI is InChI=1S/C52H36N2O4/c1-55-42-30-43(35-18-8-3-9-19-35)51(44(31-42)36-20-10-4-11-21-36)57-46-28-40(33-53)41(34-54)29-47(46)58-52-45(37-22-12-5-13-23-37)32-48(56-2)49(38-24-14-6-15-25-38)50(52)39-26-16-7-17-27-39/h3-32H,1-2H3. The van der Waals surface area contributed by atoms with Gasteiger partial charge in [-0.2, -0.15) is 10.5 Å². The van der Waals surface area contributed by atoms with Gasteiger partial charge in [-0.1, -0.05) is 152 Å². The number of hydrogen-bond donors (Lipinski definition) is 0. The Hall–Kier alpha value is -8.06. The van der Waals surface area contributed by atoms with Crippen molar-refractivity contribution in [2.75, 3.05) is 14.2 Å². The van der Waals surface area contributed by atoms with Gasteiger partial charge in [0, 0.05) is 39.9 Å². The average Bonchev–Trinajstić information content (AvgIpc) is 3.30. The summed E-state index contributed by atoms with van der Waals surface area (Å²) >= 11 is 0. The maximum Gasteiger partial charge on any atom is 0.171 e. The molecule has 0 aliphatic rings. The molecule has 0 saturated heterocycles. The first-order chi connectivity index (χ1) is 28.6. The van der Waals surface area contributed by atoms with Gasteiger partial charge in [-0.15, -0.1) is 0 Å². The fourth-order valence-electron chi connectivity index (χ4n) is 7.13. The Morgan fingerprint density at radius 1 is 0.362 bits per heavy atom. The molecule has 8 aromatic carbocycles. The lowest BCUT2D eigenvalue weighted by molar-refractivity contribution is 0.408. The lowest BCUT2D eigenvalue weighted by atomic mass is 9.88. The van der Waals surface area contributed by atoms with Gasteiger partial charge in [-0.3, -0.25) is 0 Å². The Morgan fingerprint density at radius 2 is 0.724 bits per heavy atom. The van der Waals surface area contributed by atoms with Crippen molar-refractivity contribution in [1.82, 2.24) is 0 Å². The Bertz CT molecular complexity index is 2730. The summed E-state index contributed by atoms with van der Waals surface area (Å²) < 4.78 is 26.3. The van der Waals surface area contributed by atoms with Crippen molar-refractivity contribution in [1.29, 1.82) is 10.5 Å². The summed E-state index contributed by atoms with van der Waals surface area (Å²) in [6, 6.07) is 63.2. The molecule has 0 aromatic heterocycles. The molecule has 0 amide bonds. The van der Waals surface area contributed by atoms with Crippen LogP contribution >= 0.6 is 0 Å². The monoisotopic (exact) mass is 752 g/mol. The van der Waals surface area contributed by atoms with E-state index in [1.165, 1.54) is 0 Å². The maximum absolute atomic E-state index is 10.4. The zero-order chi connectivity index (χ0) is 39.8. The molecule has 0 bridgehead atoms. The third-order valence-corrected chi connectivity index (χ3v) is 9.89. The Morgan fingerprint density at radius 3 is 1.10 bits per heavy atom. The highest BCUT2D eigenvalue weighted by Gasteiger charge is 2.27. The average molecular weight is 753 g/mol. The van der Waals surface area contributed by atoms with E-state index < -0.39 is 0 Å². The van der Waals surface area contributed by atoms with Crippen LogP contribution in [0.1, 0.15) is 11.1 Å². The minimum absolute atomic E-state index is 0.144. The van der Waals surface area contributed by atoms with Crippen molar-refractivity contribution in [2.24, 2.45) is 0 Å². The molecule has 6 heteroatoms. The van der Waals surface area contributed by atoms with Gasteiger partial charge < -0.3 is 18.9 Å². The summed E-state index contributed by atoms with van der Waals surface area (Å²) in [6.07, 6.45) is 0. The third kappa shape index (κ3) is 7.34. The molecule has 0 unspecified atom stereocenters. The van der Waals surface area contributed by atoms with Crippen molar-refractivity contribution < 1.29 is 18.9 Å². The van der Waals surface area contributed by atoms with E-state index in [0.717, 1.165) is 55.6 Å². The Kier molecular flexibility index (Phi) is 10.7.